The van der Waals surface area contributed by atoms with Crippen LogP contribution in [0.15, 0.2) is 22.7 Å². The largest absolute Gasteiger partial charge is 0.494 e. The maximum Gasteiger partial charge on any atom is 0.123 e. The number of hydrogen-bond donors (Lipinski definition) is 1. The first-order valence-electron chi connectivity index (χ1n) is 6.53. The lowest BCUT2D eigenvalue weighted by molar-refractivity contribution is 0.110. The van der Waals surface area contributed by atoms with Crippen molar-refractivity contribution in [2.24, 2.45) is 0 Å². The molecule has 1 aromatic rings. The molecule has 1 heterocycles. The first-order chi connectivity index (χ1) is 8.79. The molecule has 100 valence electrons. The first-order valence-corrected chi connectivity index (χ1v) is 7.32. The summed E-state index contributed by atoms with van der Waals surface area (Å²) in [5.74, 6) is 0.959. The average Bonchev–Trinajstić information content (AvgIpc) is 2.86. The zero-order valence-corrected chi connectivity index (χ0v) is 12.3. The van der Waals surface area contributed by atoms with E-state index < -0.39 is 0 Å². The molecule has 0 saturated carbocycles. The smallest absolute Gasteiger partial charge is 0.123 e. The van der Waals surface area contributed by atoms with Gasteiger partial charge in [0.2, 0.25) is 0 Å². The number of ether oxygens (including phenoxy) is 2. The van der Waals surface area contributed by atoms with Crippen LogP contribution in [0.4, 0.5) is 0 Å². The molecule has 0 amide bonds. The fraction of sp³-hybridized carbons (Fsp3) is 0.571. The molecule has 1 aliphatic rings. The predicted octanol–water partition coefficient (Wildman–Crippen LogP) is 3.12. The Labute approximate surface area is 117 Å². The number of halogens is 1. The van der Waals surface area contributed by atoms with Crippen LogP contribution in [0.1, 0.15) is 25.3 Å². The summed E-state index contributed by atoms with van der Waals surface area (Å²) < 4.78 is 12.3. The third-order valence-corrected chi connectivity index (χ3v) is 3.53. The summed E-state index contributed by atoms with van der Waals surface area (Å²) in [4.78, 5) is 0. The van der Waals surface area contributed by atoms with Gasteiger partial charge in [0.05, 0.1) is 12.7 Å². The summed E-state index contributed by atoms with van der Waals surface area (Å²) >= 11 is 3.50. The lowest BCUT2D eigenvalue weighted by Crippen LogP contribution is -2.26. The number of benzene rings is 1. The van der Waals surface area contributed by atoms with E-state index in [0.29, 0.717) is 12.7 Å². The van der Waals surface area contributed by atoms with Crippen LogP contribution in [-0.4, -0.2) is 25.9 Å². The maximum atomic E-state index is 5.62. The van der Waals surface area contributed by atoms with Crippen molar-refractivity contribution < 1.29 is 9.47 Å². The molecule has 1 N–H and O–H groups in total. The van der Waals surface area contributed by atoms with E-state index in [1.54, 1.807) is 0 Å². The Hall–Kier alpha value is -0.580. The Morgan fingerprint density at radius 2 is 2.39 bits per heavy atom. The van der Waals surface area contributed by atoms with E-state index in [9.17, 15) is 0 Å². The molecule has 4 heteroatoms. The van der Waals surface area contributed by atoms with Gasteiger partial charge >= 0.3 is 0 Å². The van der Waals surface area contributed by atoms with Gasteiger partial charge in [-0.1, -0.05) is 15.9 Å². The van der Waals surface area contributed by atoms with Crippen LogP contribution in [0.25, 0.3) is 0 Å². The Bertz CT molecular complexity index is 378. The van der Waals surface area contributed by atoms with Gasteiger partial charge in [-0.15, -0.1) is 0 Å². The highest BCUT2D eigenvalue weighted by Gasteiger charge is 2.14. The first kappa shape index (κ1) is 13.8. The highest BCUT2D eigenvalue weighted by atomic mass is 79.9. The van der Waals surface area contributed by atoms with Gasteiger partial charge in [0.25, 0.3) is 0 Å². The van der Waals surface area contributed by atoms with E-state index in [-0.39, 0.29) is 0 Å². The summed E-state index contributed by atoms with van der Waals surface area (Å²) in [6, 6.07) is 6.12. The van der Waals surface area contributed by atoms with E-state index >= 15 is 0 Å². The maximum absolute atomic E-state index is 5.62. The third kappa shape index (κ3) is 3.97. The van der Waals surface area contributed by atoms with Crippen molar-refractivity contribution in [3.8, 4) is 5.75 Å². The monoisotopic (exact) mass is 313 g/mol. The molecule has 1 atom stereocenters. The summed E-state index contributed by atoms with van der Waals surface area (Å²) in [7, 11) is 0. The molecule has 0 aromatic heterocycles. The zero-order chi connectivity index (χ0) is 12.8. The zero-order valence-electron chi connectivity index (χ0n) is 10.7. The van der Waals surface area contributed by atoms with Crippen LogP contribution in [0, 0.1) is 0 Å². The fourth-order valence-electron chi connectivity index (χ4n) is 2.16. The molecule has 0 spiro atoms. The highest BCUT2D eigenvalue weighted by molar-refractivity contribution is 9.10. The summed E-state index contributed by atoms with van der Waals surface area (Å²) in [6.45, 7) is 5.34. The van der Waals surface area contributed by atoms with Gasteiger partial charge in [-0.3, -0.25) is 0 Å². The van der Waals surface area contributed by atoms with Gasteiger partial charge < -0.3 is 14.8 Å². The fourth-order valence-corrected chi connectivity index (χ4v) is 2.56. The van der Waals surface area contributed by atoms with Gasteiger partial charge in [-0.05, 0) is 38.0 Å². The number of rotatable bonds is 6. The third-order valence-electron chi connectivity index (χ3n) is 3.03. The molecule has 1 saturated heterocycles. The molecule has 0 aliphatic carbocycles. The SMILES string of the molecule is CCOc1ccc(Br)cc1CNCC1CCCO1. The van der Waals surface area contributed by atoms with Crippen molar-refractivity contribution in [1.29, 1.82) is 0 Å². The summed E-state index contributed by atoms with van der Waals surface area (Å²) in [5.41, 5.74) is 1.18. The molecule has 1 unspecified atom stereocenters. The van der Waals surface area contributed by atoms with Crippen molar-refractivity contribution in [3.63, 3.8) is 0 Å². The number of nitrogens with one attached hydrogen (secondary N) is 1. The van der Waals surface area contributed by atoms with Crippen molar-refractivity contribution in [1.82, 2.24) is 5.32 Å². The second-order valence-electron chi connectivity index (χ2n) is 4.45. The van der Waals surface area contributed by atoms with E-state index in [2.05, 4.69) is 27.3 Å². The molecule has 2 rings (SSSR count). The van der Waals surface area contributed by atoms with Gasteiger partial charge in [0, 0.05) is 29.7 Å². The topological polar surface area (TPSA) is 30.5 Å². The molecular weight excluding hydrogens is 294 g/mol. The van der Waals surface area contributed by atoms with Gasteiger partial charge in [0.15, 0.2) is 0 Å². The van der Waals surface area contributed by atoms with Crippen LogP contribution in [-0.2, 0) is 11.3 Å². The van der Waals surface area contributed by atoms with Crippen LogP contribution in [0.5, 0.6) is 5.75 Å². The molecule has 1 aliphatic heterocycles. The normalized spacial score (nSPS) is 19.1. The van der Waals surface area contributed by atoms with Gasteiger partial charge in [-0.25, -0.2) is 0 Å². The minimum atomic E-state index is 0.382. The molecule has 0 radical (unpaired) electrons. The lowest BCUT2D eigenvalue weighted by atomic mass is 10.2. The Morgan fingerprint density at radius 3 is 3.11 bits per heavy atom. The van der Waals surface area contributed by atoms with E-state index in [4.69, 9.17) is 9.47 Å². The molecule has 3 nitrogen and oxygen atoms in total. The Balaban J connectivity index is 1.88. The lowest BCUT2D eigenvalue weighted by Gasteiger charge is -2.14. The van der Waals surface area contributed by atoms with Gasteiger partial charge in [-0.2, -0.15) is 0 Å². The van der Waals surface area contributed by atoms with Crippen molar-refractivity contribution >= 4 is 15.9 Å². The molecule has 0 bridgehead atoms. The van der Waals surface area contributed by atoms with E-state index in [0.717, 1.165) is 29.9 Å². The van der Waals surface area contributed by atoms with Crippen molar-refractivity contribution in [3.05, 3.63) is 28.2 Å². The summed E-state index contributed by atoms with van der Waals surface area (Å²) in [6.07, 6.45) is 2.74. The standard InChI is InChI=1S/C14H20BrNO2/c1-2-17-14-6-5-12(15)8-11(14)9-16-10-13-4-3-7-18-13/h5-6,8,13,16H,2-4,7,9-10H2,1H3. The molecule has 1 aromatic carbocycles. The quantitative estimate of drug-likeness (QED) is 0.875. The van der Waals surface area contributed by atoms with Crippen LogP contribution < -0.4 is 10.1 Å². The van der Waals surface area contributed by atoms with Crippen LogP contribution in [0.3, 0.4) is 0 Å². The molecule has 18 heavy (non-hydrogen) atoms. The molecule has 1 fully saturated rings. The minimum Gasteiger partial charge on any atom is -0.494 e. The van der Waals surface area contributed by atoms with Crippen LogP contribution in [0.2, 0.25) is 0 Å². The average molecular weight is 314 g/mol. The van der Waals surface area contributed by atoms with Gasteiger partial charge in [0.1, 0.15) is 5.75 Å². The van der Waals surface area contributed by atoms with E-state index in [1.807, 2.05) is 19.1 Å². The summed E-state index contributed by atoms with van der Waals surface area (Å²) in [5, 5.41) is 3.44. The minimum absolute atomic E-state index is 0.382. The van der Waals surface area contributed by atoms with E-state index in [1.165, 1.54) is 18.4 Å². The van der Waals surface area contributed by atoms with Crippen molar-refractivity contribution in [2.45, 2.75) is 32.4 Å². The van der Waals surface area contributed by atoms with Crippen molar-refractivity contribution in [2.75, 3.05) is 19.8 Å². The predicted molar refractivity (Wildman–Crippen MR) is 76.0 cm³/mol. The molecular formula is C14H20BrNO2. The second-order valence-corrected chi connectivity index (χ2v) is 5.37. The number of hydrogen-bond acceptors (Lipinski definition) is 3. The Morgan fingerprint density at radius 1 is 1.50 bits per heavy atom. The second kappa shape index (κ2) is 7.12. The highest BCUT2D eigenvalue weighted by Crippen LogP contribution is 2.23. The van der Waals surface area contributed by atoms with Crippen LogP contribution >= 0.6 is 15.9 Å². The Kier molecular flexibility index (Phi) is 5.47.